The normalized spacial score (nSPS) is 11.5. The second kappa shape index (κ2) is 6.77. The molecule has 0 unspecified atom stereocenters. The van der Waals surface area contributed by atoms with E-state index in [4.69, 9.17) is 9.47 Å². The lowest BCUT2D eigenvalue weighted by Crippen LogP contribution is -2.22. The lowest BCUT2D eigenvalue weighted by atomic mass is 10.2. The molecule has 0 bridgehead atoms. The maximum Gasteiger partial charge on any atom is 0.176 e. The molecule has 6 heteroatoms. The first-order valence-corrected chi connectivity index (χ1v) is 5.88. The highest BCUT2D eigenvalue weighted by atomic mass is 16.7. The summed E-state index contributed by atoms with van der Waals surface area (Å²) in [4.78, 5) is 0. The minimum atomic E-state index is -0.368. The van der Waals surface area contributed by atoms with E-state index in [9.17, 15) is 0 Å². The third-order valence-electron chi connectivity index (χ3n) is 2.63. The molecule has 1 heterocycles. The summed E-state index contributed by atoms with van der Waals surface area (Å²) >= 11 is 0. The van der Waals surface area contributed by atoms with Crippen LogP contribution >= 0.6 is 0 Å². The zero-order valence-corrected chi connectivity index (χ0v) is 10.9. The second-order valence-electron chi connectivity index (χ2n) is 3.86. The Morgan fingerprint density at radius 2 is 1.89 bits per heavy atom. The number of tetrazole rings is 1. The summed E-state index contributed by atoms with van der Waals surface area (Å²) < 4.78 is 11.9. The third-order valence-corrected chi connectivity index (χ3v) is 2.63. The number of benzene rings is 1. The van der Waals surface area contributed by atoms with E-state index in [-0.39, 0.29) is 6.29 Å². The van der Waals surface area contributed by atoms with Crippen molar-refractivity contribution in [2.24, 2.45) is 0 Å². The van der Waals surface area contributed by atoms with Crippen LogP contribution < -0.4 is 0 Å². The van der Waals surface area contributed by atoms with Crippen LogP contribution in [0.1, 0.15) is 11.4 Å². The minimum Gasteiger partial charge on any atom is -0.354 e. The molecule has 0 fully saturated rings. The Hall–Kier alpha value is -2.05. The van der Waals surface area contributed by atoms with Crippen LogP contribution in [0.15, 0.2) is 30.3 Å². The van der Waals surface area contributed by atoms with Crippen LogP contribution in [-0.2, 0) is 16.0 Å². The monoisotopic (exact) mass is 260 g/mol. The average molecular weight is 260 g/mol. The Kier molecular flexibility index (Phi) is 4.77. The van der Waals surface area contributed by atoms with Gasteiger partial charge in [-0.05, 0) is 22.1 Å². The van der Waals surface area contributed by atoms with Gasteiger partial charge in [-0.25, -0.2) is 4.68 Å². The number of hydrogen-bond donors (Lipinski definition) is 0. The number of ether oxygens (including phenoxy) is 2. The van der Waals surface area contributed by atoms with Crippen molar-refractivity contribution in [1.29, 1.82) is 0 Å². The predicted molar refractivity (Wildman–Crippen MR) is 71.0 cm³/mol. The van der Waals surface area contributed by atoms with E-state index in [0.717, 1.165) is 5.56 Å². The van der Waals surface area contributed by atoms with Crippen LogP contribution in [0.2, 0.25) is 0 Å². The topological polar surface area (TPSA) is 62.1 Å². The molecule has 19 heavy (non-hydrogen) atoms. The molecule has 0 radical (unpaired) electrons. The summed E-state index contributed by atoms with van der Waals surface area (Å²) in [6.45, 7) is 0.439. The smallest absolute Gasteiger partial charge is 0.176 e. The molecule has 2 aromatic rings. The van der Waals surface area contributed by atoms with E-state index < -0.39 is 0 Å². The van der Waals surface area contributed by atoms with Crippen molar-refractivity contribution < 1.29 is 9.47 Å². The summed E-state index contributed by atoms with van der Waals surface area (Å²) in [7, 11) is 3.16. The first-order valence-electron chi connectivity index (χ1n) is 5.88. The van der Waals surface area contributed by atoms with Crippen molar-refractivity contribution in [3.8, 4) is 0 Å². The van der Waals surface area contributed by atoms with Crippen LogP contribution in [0.3, 0.4) is 0 Å². The molecule has 0 N–H and O–H groups in total. The lowest BCUT2D eigenvalue weighted by molar-refractivity contribution is -0.112. The number of hydrogen-bond acceptors (Lipinski definition) is 5. The van der Waals surface area contributed by atoms with E-state index in [2.05, 4.69) is 15.5 Å². The van der Waals surface area contributed by atoms with Gasteiger partial charge < -0.3 is 9.47 Å². The molecule has 0 aliphatic carbocycles. The van der Waals surface area contributed by atoms with Crippen LogP contribution in [0.25, 0.3) is 12.2 Å². The van der Waals surface area contributed by atoms with Gasteiger partial charge in [-0.1, -0.05) is 36.4 Å². The third kappa shape index (κ3) is 3.70. The molecular formula is C13H16N4O2. The molecule has 100 valence electrons. The minimum absolute atomic E-state index is 0.368. The Bertz CT molecular complexity index is 520. The summed E-state index contributed by atoms with van der Waals surface area (Å²) in [5, 5.41) is 11.5. The quantitative estimate of drug-likeness (QED) is 0.736. The zero-order valence-electron chi connectivity index (χ0n) is 10.9. The molecule has 0 amide bonds. The van der Waals surface area contributed by atoms with Gasteiger partial charge >= 0.3 is 0 Å². The number of aromatic nitrogens is 4. The molecule has 1 aromatic carbocycles. The van der Waals surface area contributed by atoms with Gasteiger partial charge in [0.05, 0.1) is 6.54 Å². The molecule has 0 saturated heterocycles. The van der Waals surface area contributed by atoms with Gasteiger partial charge in [0.15, 0.2) is 12.1 Å². The molecule has 6 nitrogen and oxygen atoms in total. The average Bonchev–Trinajstić information content (AvgIpc) is 2.91. The van der Waals surface area contributed by atoms with Gasteiger partial charge in [0, 0.05) is 14.2 Å². The van der Waals surface area contributed by atoms with E-state index in [0.29, 0.717) is 12.4 Å². The number of methoxy groups -OCH3 is 2. The standard InChI is InChI=1S/C13H16N4O2/c1-18-13(19-2)10-17-12(14-15-16-17)9-8-11-6-4-3-5-7-11/h3-9,13H,10H2,1-2H3/b9-8+. The van der Waals surface area contributed by atoms with E-state index in [1.807, 2.05) is 42.5 Å². The maximum absolute atomic E-state index is 5.13. The molecule has 2 rings (SSSR count). The summed E-state index contributed by atoms with van der Waals surface area (Å²) in [5.74, 6) is 0.656. The molecule has 0 saturated carbocycles. The highest BCUT2D eigenvalue weighted by molar-refractivity contribution is 5.66. The van der Waals surface area contributed by atoms with Gasteiger partial charge in [0.2, 0.25) is 0 Å². The van der Waals surface area contributed by atoms with Crippen molar-refractivity contribution in [3.05, 3.63) is 41.7 Å². The highest BCUT2D eigenvalue weighted by Crippen LogP contribution is 2.06. The second-order valence-corrected chi connectivity index (χ2v) is 3.86. The Morgan fingerprint density at radius 3 is 2.58 bits per heavy atom. The van der Waals surface area contributed by atoms with E-state index in [1.54, 1.807) is 18.9 Å². The van der Waals surface area contributed by atoms with Crippen molar-refractivity contribution >= 4 is 12.2 Å². The lowest BCUT2D eigenvalue weighted by Gasteiger charge is -2.12. The van der Waals surface area contributed by atoms with E-state index >= 15 is 0 Å². The SMILES string of the molecule is COC(Cn1nnnc1/C=C/c1ccccc1)OC. The van der Waals surface area contributed by atoms with Crippen molar-refractivity contribution in [1.82, 2.24) is 20.2 Å². The fraction of sp³-hybridized carbons (Fsp3) is 0.308. The van der Waals surface area contributed by atoms with Crippen molar-refractivity contribution in [3.63, 3.8) is 0 Å². The van der Waals surface area contributed by atoms with Crippen LogP contribution in [0.5, 0.6) is 0 Å². The largest absolute Gasteiger partial charge is 0.354 e. The first kappa shape index (κ1) is 13.4. The van der Waals surface area contributed by atoms with Crippen molar-refractivity contribution in [2.75, 3.05) is 14.2 Å². The Morgan fingerprint density at radius 1 is 1.16 bits per heavy atom. The van der Waals surface area contributed by atoms with Gasteiger partial charge in [-0.15, -0.1) is 5.10 Å². The van der Waals surface area contributed by atoms with Gasteiger partial charge in [0.25, 0.3) is 0 Å². The molecular weight excluding hydrogens is 244 g/mol. The fourth-order valence-corrected chi connectivity index (χ4v) is 1.58. The molecule has 0 aliphatic rings. The zero-order chi connectivity index (χ0) is 13.5. The van der Waals surface area contributed by atoms with Gasteiger partial charge in [-0.3, -0.25) is 0 Å². The van der Waals surface area contributed by atoms with Crippen LogP contribution in [-0.4, -0.2) is 40.7 Å². The molecule has 0 aliphatic heterocycles. The fourth-order valence-electron chi connectivity index (χ4n) is 1.58. The molecule has 0 spiro atoms. The van der Waals surface area contributed by atoms with Crippen molar-refractivity contribution in [2.45, 2.75) is 12.8 Å². The summed E-state index contributed by atoms with van der Waals surface area (Å²) in [5.41, 5.74) is 1.09. The Labute approximate surface area is 111 Å². The van der Waals surface area contributed by atoms with Crippen LogP contribution in [0, 0.1) is 0 Å². The highest BCUT2D eigenvalue weighted by Gasteiger charge is 2.10. The maximum atomic E-state index is 5.13. The van der Waals surface area contributed by atoms with Gasteiger partial charge in [-0.2, -0.15) is 0 Å². The summed E-state index contributed by atoms with van der Waals surface area (Å²) in [6, 6.07) is 9.96. The van der Waals surface area contributed by atoms with Crippen LogP contribution in [0.4, 0.5) is 0 Å². The van der Waals surface area contributed by atoms with Gasteiger partial charge in [0.1, 0.15) is 0 Å². The predicted octanol–water partition coefficient (Wildman–Crippen LogP) is 1.46. The molecule has 1 aromatic heterocycles. The van der Waals surface area contributed by atoms with E-state index in [1.165, 1.54) is 0 Å². The number of rotatable bonds is 6. The Balaban J connectivity index is 2.09. The summed E-state index contributed by atoms with van der Waals surface area (Å²) in [6.07, 6.45) is 3.45. The number of nitrogens with zero attached hydrogens (tertiary/aromatic N) is 4. The first-order chi connectivity index (χ1) is 9.33. The molecule has 0 atom stereocenters.